The fraction of sp³-hybridized carbons (Fsp3) is 0.500. The molecule has 1 aliphatic heterocycles. The van der Waals surface area contributed by atoms with Crippen molar-refractivity contribution in [3.8, 4) is 11.4 Å². The van der Waals surface area contributed by atoms with E-state index in [0.29, 0.717) is 27.8 Å². The van der Waals surface area contributed by atoms with Gasteiger partial charge in [-0.1, -0.05) is 15.9 Å². The summed E-state index contributed by atoms with van der Waals surface area (Å²) in [6.07, 6.45) is 1.37. The van der Waals surface area contributed by atoms with E-state index in [2.05, 4.69) is 36.8 Å². The highest BCUT2D eigenvalue weighted by atomic mass is 79.9. The molecular formula is C18H21BrN6O3. The van der Waals surface area contributed by atoms with Gasteiger partial charge in [-0.2, -0.15) is 0 Å². The highest BCUT2D eigenvalue weighted by Gasteiger charge is 2.64. The van der Waals surface area contributed by atoms with E-state index in [0.717, 1.165) is 12.0 Å². The van der Waals surface area contributed by atoms with Crippen molar-refractivity contribution in [3.63, 3.8) is 0 Å². The van der Waals surface area contributed by atoms with E-state index >= 15 is 0 Å². The number of aromatic nitrogens is 4. The number of piperidine rings is 1. The summed E-state index contributed by atoms with van der Waals surface area (Å²) in [4.78, 5) is 23.4. The Morgan fingerprint density at radius 2 is 2.11 bits per heavy atom. The van der Waals surface area contributed by atoms with Crippen molar-refractivity contribution in [2.24, 2.45) is 11.7 Å². The van der Waals surface area contributed by atoms with Crippen LogP contribution >= 0.6 is 15.9 Å². The van der Waals surface area contributed by atoms with Crippen LogP contribution < -0.4 is 11.1 Å². The third-order valence-electron chi connectivity index (χ3n) is 5.52. The molecule has 1 saturated carbocycles. The molecule has 2 aliphatic rings. The summed E-state index contributed by atoms with van der Waals surface area (Å²) in [5.41, 5.74) is 6.52. The van der Waals surface area contributed by atoms with Crippen molar-refractivity contribution < 1.29 is 14.7 Å². The number of hydrogen-bond donors (Lipinski definition) is 3. The minimum Gasteiger partial charge on any atom is -0.480 e. The molecule has 1 saturated heterocycles. The van der Waals surface area contributed by atoms with Crippen molar-refractivity contribution in [2.75, 3.05) is 0 Å². The van der Waals surface area contributed by atoms with Crippen LogP contribution in [0.1, 0.15) is 49.5 Å². The first-order valence-corrected chi connectivity index (χ1v) is 9.77. The van der Waals surface area contributed by atoms with Crippen LogP contribution in [-0.2, 0) is 15.9 Å². The molecule has 10 heteroatoms. The zero-order valence-electron chi connectivity index (χ0n) is 15.7. The van der Waals surface area contributed by atoms with Gasteiger partial charge in [0.05, 0.1) is 5.54 Å². The second-order valence-electron chi connectivity index (χ2n) is 8.47. The van der Waals surface area contributed by atoms with E-state index < -0.39 is 29.0 Å². The van der Waals surface area contributed by atoms with Gasteiger partial charge in [0.1, 0.15) is 6.04 Å². The number of aliphatic carboxylic acids is 1. The van der Waals surface area contributed by atoms with Crippen LogP contribution in [0.4, 0.5) is 0 Å². The predicted octanol–water partition coefficient (Wildman–Crippen LogP) is 1.62. The summed E-state index contributed by atoms with van der Waals surface area (Å²) in [6.45, 7) is 5.93. The Morgan fingerprint density at radius 3 is 2.68 bits per heavy atom. The molecule has 0 bridgehead atoms. The van der Waals surface area contributed by atoms with E-state index in [1.54, 1.807) is 16.8 Å². The number of carbonyl (C=O) groups is 2. The van der Waals surface area contributed by atoms with Gasteiger partial charge in [0.25, 0.3) is 0 Å². The molecule has 0 unspecified atom stereocenters. The maximum atomic E-state index is 11.9. The van der Waals surface area contributed by atoms with Crippen molar-refractivity contribution in [3.05, 3.63) is 27.7 Å². The summed E-state index contributed by atoms with van der Waals surface area (Å²) in [5, 5.41) is 24.9. The maximum Gasteiger partial charge on any atom is 0.320 e. The number of tetrazole rings is 1. The average molecular weight is 449 g/mol. The number of carboxylic acid groups (broad SMARTS) is 1. The zero-order valence-corrected chi connectivity index (χ0v) is 17.3. The minimum atomic E-state index is -0.863. The van der Waals surface area contributed by atoms with Gasteiger partial charge in [-0.15, -0.1) is 5.10 Å². The molecule has 1 aliphatic carbocycles. The van der Waals surface area contributed by atoms with Crippen molar-refractivity contribution in [1.82, 2.24) is 25.5 Å². The fourth-order valence-electron chi connectivity index (χ4n) is 4.17. The molecule has 0 radical (unpaired) electrons. The number of nitrogens with one attached hydrogen (secondary N) is 1. The SMILES string of the molecule is CC(C)(C)n1nnnc1-c1cc(C(N)=O)cc(Br)c1[C@]12C[C@@H]1C[C@@H](C(=O)O)N2. The smallest absolute Gasteiger partial charge is 0.320 e. The molecule has 28 heavy (non-hydrogen) atoms. The van der Waals surface area contributed by atoms with Gasteiger partial charge in [-0.25, -0.2) is 4.68 Å². The summed E-state index contributed by atoms with van der Waals surface area (Å²) in [6, 6.07) is 2.76. The molecule has 3 atom stereocenters. The van der Waals surface area contributed by atoms with Gasteiger partial charge >= 0.3 is 5.97 Å². The van der Waals surface area contributed by atoms with E-state index in [9.17, 15) is 14.7 Å². The van der Waals surface area contributed by atoms with Crippen LogP contribution in [0.2, 0.25) is 0 Å². The number of fused-ring (bicyclic) bond motifs is 1. The van der Waals surface area contributed by atoms with Gasteiger partial charge in [0.15, 0.2) is 5.82 Å². The molecule has 4 rings (SSSR count). The molecule has 1 aromatic carbocycles. The first kappa shape index (κ1) is 19.0. The van der Waals surface area contributed by atoms with Gasteiger partial charge in [-0.3, -0.25) is 14.9 Å². The number of primary amides is 1. The summed E-state index contributed by atoms with van der Waals surface area (Å²) in [7, 11) is 0. The largest absolute Gasteiger partial charge is 0.480 e. The average Bonchev–Trinajstić information content (AvgIpc) is 2.98. The number of amides is 1. The number of nitrogens with zero attached hydrogens (tertiary/aromatic N) is 4. The van der Waals surface area contributed by atoms with Crippen LogP contribution in [-0.4, -0.2) is 43.2 Å². The molecule has 9 nitrogen and oxygen atoms in total. The molecule has 2 fully saturated rings. The Balaban J connectivity index is 1.93. The number of hydrogen-bond acceptors (Lipinski definition) is 6. The predicted molar refractivity (Wildman–Crippen MR) is 103 cm³/mol. The standard InChI is InChI=1S/C18H21BrN6O3/c1-17(2,3)25-15(22-23-24-25)10-4-8(14(20)26)5-11(19)13(10)18-7-9(18)6-12(21-18)16(27)28/h4-5,9,12,21H,6-7H2,1-3H3,(H2,20,26)(H,27,28)/t9-,12-,18-/m0/s1. The van der Waals surface area contributed by atoms with Crippen molar-refractivity contribution >= 4 is 27.8 Å². The Hall–Kier alpha value is -2.33. The van der Waals surface area contributed by atoms with Crippen LogP contribution in [0.5, 0.6) is 0 Å². The van der Waals surface area contributed by atoms with Gasteiger partial charge in [0.2, 0.25) is 5.91 Å². The van der Waals surface area contributed by atoms with E-state index in [-0.39, 0.29) is 5.92 Å². The third kappa shape index (κ3) is 2.82. The molecule has 2 heterocycles. The minimum absolute atomic E-state index is 0.196. The van der Waals surface area contributed by atoms with Gasteiger partial charge in [0, 0.05) is 21.1 Å². The van der Waals surface area contributed by atoms with E-state index in [1.165, 1.54) is 0 Å². The second-order valence-corrected chi connectivity index (χ2v) is 9.33. The van der Waals surface area contributed by atoms with Gasteiger partial charge < -0.3 is 10.8 Å². The number of carbonyl (C=O) groups excluding carboxylic acids is 1. The summed E-state index contributed by atoms with van der Waals surface area (Å²) < 4.78 is 2.38. The zero-order chi connectivity index (χ0) is 20.4. The van der Waals surface area contributed by atoms with Crippen LogP contribution in [0, 0.1) is 5.92 Å². The van der Waals surface area contributed by atoms with Crippen LogP contribution in [0.25, 0.3) is 11.4 Å². The van der Waals surface area contributed by atoms with Crippen LogP contribution in [0.3, 0.4) is 0 Å². The second kappa shape index (κ2) is 6.08. The first-order chi connectivity index (χ1) is 13.0. The van der Waals surface area contributed by atoms with Gasteiger partial charge in [-0.05, 0) is 67.7 Å². The molecular weight excluding hydrogens is 428 g/mol. The topological polar surface area (TPSA) is 136 Å². The number of rotatable bonds is 4. The lowest BCUT2D eigenvalue weighted by Crippen LogP contribution is -2.39. The monoisotopic (exact) mass is 448 g/mol. The number of halogens is 1. The normalized spacial score (nSPS) is 26.1. The molecule has 2 aromatic rings. The van der Waals surface area contributed by atoms with Crippen LogP contribution in [0.15, 0.2) is 16.6 Å². The summed E-state index contributed by atoms with van der Waals surface area (Å²) >= 11 is 3.58. The Morgan fingerprint density at radius 1 is 1.39 bits per heavy atom. The molecule has 1 amide bonds. The first-order valence-electron chi connectivity index (χ1n) is 8.98. The third-order valence-corrected chi connectivity index (χ3v) is 6.15. The highest BCUT2D eigenvalue weighted by molar-refractivity contribution is 9.10. The fourth-order valence-corrected chi connectivity index (χ4v) is 4.99. The highest BCUT2D eigenvalue weighted by Crippen LogP contribution is 2.62. The summed E-state index contributed by atoms with van der Waals surface area (Å²) in [5.74, 6) is -0.720. The Kier molecular flexibility index (Phi) is 4.13. The lowest BCUT2D eigenvalue weighted by atomic mass is 9.94. The van der Waals surface area contributed by atoms with Crippen molar-refractivity contribution in [2.45, 2.75) is 50.7 Å². The van der Waals surface area contributed by atoms with E-state index in [1.807, 2.05) is 20.8 Å². The maximum absolute atomic E-state index is 11.9. The lowest BCUT2D eigenvalue weighted by molar-refractivity contribution is -0.139. The number of nitrogens with two attached hydrogens (primary N) is 1. The molecule has 148 valence electrons. The van der Waals surface area contributed by atoms with E-state index in [4.69, 9.17) is 5.73 Å². The molecule has 0 spiro atoms. The number of benzene rings is 1. The molecule has 4 N–H and O–H groups in total. The Labute approximate surface area is 169 Å². The Bertz CT molecular complexity index is 998. The lowest BCUT2D eigenvalue weighted by Gasteiger charge is -2.25. The molecule has 1 aromatic heterocycles. The quantitative estimate of drug-likeness (QED) is 0.645. The van der Waals surface area contributed by atoms with Crippen molar-refractivity contribution in [1.29, 1.82) is 0 Å². The number of carboxylic acids is 1.